The molecular weight excluding hydrogens is 328 g/mol. The van der Waals surface area contributed by atoms with Crippen molar-refractivity contribution in [2.45, 2.75) is 64.6 Å². The van der Waals surface area contributed by atoms with Crippen LogP contribution < -0.4 is 10.6 Å². The molecular formula is C20H40N4O2. The Morgan fingerprint density at radius 3 is 2.50 bits per heavy atom. The molecule has 2 aliphatic rings. The molecule has 0 aromatic carbocycles. The molecule has 0 radical (unpaired) electrons. The van der Waals surface area contributed by atoms with E-state index < -0.39 is 0 Å². The second-order valence-corrected chi connectivity index (χ2v) is 8.17. The van der Waals surface area contributed by atoms with Crippen LogP contribution in [0.3, 0.4) is 0 Å². The zero-order chi connectivity index (χ0) is 18.8. The zero-order valence-corrected chi connectivity index (χ0v) is 17.4. The van der Waals surface area contributed by atoms with E-state index in [-0.39, 0.29) is 0 Å². The highest BCUT2D eigenvalue weighted by Gasteiger charge is 2.33. The number of methoxy groups -OCH3 is 1. The van der Waals surface area contributed by atoms with Gasteiger partial charge < -0.3 is 20.1 Å². The largest absolute Gasteiger partial charge is 0.385 e. The van der Waals surface area contributed by atoms with E-state index in [4.69, 9.17) is 9.47 Å². The first-order chi connectivity index (χ1) is 12.6. The number of rotatable bonds is 9. The minimum atomic E-state index is 0.343. The normalized spacial score (nSPS) is 26.8. The monoisotopic (exact) mass is 368 g/mol. The third-order valence-corrected chi connectivity index (χ3v) is 5.79. The molecule has 2 unspecified atom stereocenters. The topological polar surface area (TPSA) is 58.1 Å². The van der Waals surface area contributed by atoms with Crippen molar-refractivity contribution >= 4 is 5.96 Å². The summed E-state index contributed by atoms with van der Waals surface area (Å²) in [7, 11) is 3.66. The van der Waals surface area contributed by atoms with E-state index in [1.54, 1.807) is 7.11 Å². The molecule has 2 N–H and O–H groups in total. The summed E-state index contributed by atoms with van der Waals surface area (Å²) in [4.78, 5) is 6.91. The molecule has 0 aromatic heterocycles. The van der Waals surface area contributed by atoms with Crippen molar-refractivity contribution in [1.29, 1.82) is 0 Å². The molecule has 2 rings (SSSR count). The maximum atomic E-state index is 5.80. The van der Waals surface area contributed by atoms with E-state index in [1.807, 2.05) is 7.05 Å². The Morgan fingerprint density at radius 1 is 1.19 bits per heavy atom. The van der Waals surface area contributed by atoms with Gasteiger partial charge in [0.1, 0.15) is 0 Å². The van der Waals surface area contributed by atoms with Gasteiger partial charge in [-0.1, -0.05) is 12.8 Å². The molecule has 0 spiro atoms. The number of hydrogen-bond acceptors (Lipinski definition) is 4. The van der Waals surface area contributed by atoms with E-state index in [0.29, 0.717) is 17.6 Å². The van der Waals surface area contributed by atoms with Crippen LogP contribution in [0.25, 0.3) is 0 Å². The Balaban J connectivity index is 1.66. The van der Waals surface area contributed by atoms with Crippen LogP contribution in [0, 0.1) is 5.41 Å². The van der Waals surface area contributed by atoms with Crippen LogP contribution in [0.1, 0.15) is 52.4 Å². The van der Waals surface area contributed by atoms with Crippen molar-refractivity contribution in [2.24, 2.45) is 10.4 Å². The van der Waals surface area contributed by atoms with Crippen molar-refractivity contribution in [1.82, 2.24) is 15.5 Å². The van der Waals surface area contributed by atoms with Gasteiger partial charge in [-0.2, -0.15) is 0 Å². The number of guanidine groups is 1. The molecule has 6 nitrogen and oxygen atoms in total. The average Bonchev–Trinajstić information content (AvgIpc) is 3.08. The van der Waals surface area contributed by atoms with Crippen molar-refractivity contribution in [3.8, 4) is 0 Å². The van der Waals surface area contributed by atoms with Gasteiger partial charge in [0.15, 0.2) is 5.96 Å². The van der Waals surface area contributed by atoms with E-state index in [1.165, 1.54) is 25.7 Å². The Morgan fingerprint density at radius 2 is 1.88 bits per heavy atom. The minimum absolute atomic E-state index is 0.343. The molecule has 152 valence electrons. The molecule has 1 aliphatic heterocycles. The molecule has 1 saturated heterocycles. The summed E-state index contributed by atoms with van der Waals surface area (Å²) in [6.07, 6.45) is 8.23. The number of aliphatic imine (C=N–C) groups is 1. The van der Waals surface area contributed by atoms with Gasteiger partial charge in [-0.3, -0.25) is 9.89 Å². The molecule has 2 fully saturated rings. The number of nitrogens with one attached hydrogen (secondary N) is 2. The summed E-state index contributed by atoms with van der Waals surface area (Å²) in [6.45, 7) is 10.3. The molecule has 0 aromatic rings. The number of ether oxygens (including phenoxy) is 2. The standard InChI is InChI=1S/C20H40N4O2/c1-17-14-24(15-18(2)26-17)12-7-11-22-19(21-3)23-16-20(10-13-25-4)8-5-6-9-20/h17-18H,5-16H2,1-4H3,(H2,21,22,23). The Bertz CT molecular complexity index is 414. The maximum absolute atomic E-state index is 5.80. The lowest BCUT2D eigenvalue weighted by atomic mass is 9.83. The van der Waals surface area contributed by atoms with E-state index in [0.717, 1.165) is 58.1 Å². The van der Waals surface area contributed by atoms with Crippen molar-refractivity contribution in [3.63, 3.8) is 0 Å². The Kier molecular flexibility index (Phi) is 9.16. The smallest absolute Gasteiger partial charge is 0.190 e. The van der Waals surface area contributed by atoms with Crippen LogP contribution >= 0.6 is 0 Å². The molecule has 0 bridgehead atoms. The molecule has 26 heavy (non-hydrogen) atoms. The summed E-state index contributed by atoms with van der Waals surface area (Å²) >= 11 is 0. The van der Waals surface area contributed by atoms with E-state index >= 15 is 0 Å². The fourth-order valence-electron chi connectivity index (χ4n) is 4.43. The first-order valence-electron chi connectivity index (χ1n) is 10.4. The number of morpholine rings is 1. The zero-order valence-electron chi connectivity index (χ0n) is 17.4. The van der Waals surface area contributed by atoms with Gasteiger partial charge in [0.25, 0.3) is 0 Å². The predicted octanol–water partition coefficient (Wildman–Crippen LogP) is 2.25. The van der Waals surface area contributed by atoms with E-state index in [2.05, 4.69) is 34.4 Å². The fraction of sp³-hybridized carbons (Fsp3) is 0.950. The first-order valence-corrected chi connectivity index (χ1v) is 10.4. The molecule has 6 heteroatoms. The first kappa shape index (κ1) is 21.5. The van der Waals surface area contributed by atoms with Gasteiger partial charge in [-0.05, 0) is 44.9 Å². The Hall–Kier alpha value is -0.850. The van der Waals surface area contributed by atoms with Crippen LogP contribution in [0.5, 0.6) is 0 Å². The average molecular weight is 369 g/mol. The molecule has 1 heterocycles. The van der Waals surface area contributed by atoms with Crippen LogP contribution in [0.4, 0.5) is 0 Å². The lowest BCUT2D eigenvalue weighted by Crippen LogP contribution is -2.47. The SMILES string of the molecule is CN=C(NCCCN1CC(C)OC(C)C1)NCC1(CCOC)CCCC1. The lowest BCUT2D eigenvalue weighted by Gasteiger charge is -2.35. The van der Waals surface area contributed by atoms with Gasteiger partial charge in [-0.15, -0.1) is 0 Å². The van der Waals surface area contributed by atoms with E-state index in [9.17, 15) is 0 Å². The summed E-state index contributed by atoms with van der Waals surface area (Å²) in [5, 5.41) is 7.04. The highest BCUT2D eigenvalue weighted by Crippen LogP contribution is 2.40. The summed E-state index contributed by atoms with van der Waals surface area (Å²) < 4.78 is 11.1. The third-order valence-electron chi connectivity index (χ3n) is 5.79. The van der Waals surface area contributed by atoms with Gasteiger partial charge >= 0.3 is 0 Å². The molecule has 1 saturated carbocycles. The highest BCUT2D eigenvalue weighted by molar-refractivity contribution is 5.79. The lowest BCUT2D eigenvalue weighted by molar-refractivity contribution is -0.0679. The van der Waals surface area contributed by atoms with Crippen LogP contribution in [0.15, 0.2) is 4.99 Å². The van der Waals surface area contributed by atoms with Gasteiger partial charge in [0.2, 0.25) is 0 Å². The summed E-state index contributed by atoms with van der Waals surface area (Å²) in [6, 6.07) is 0. The van der Waals surface area contributed by atoms with Crippen molar-refractivity contribution in [3.05, 3.63) is 0 Å². The second-order valence-electron chi connectivity index (χ2n) is 8.17. The quantitative estimate of drug-likeness (QED) is 0.371. The predicted molar refractivity (Wildman–Crippen MR) is 108 cm³/mol. The van der Waals surface area contributed by atoms with Crippen molar-refractivity contribution in [2.75, 3.05) is 53.5 Å². The summed E-state index contributed by atoms with van der Waals surface area (Å²) in [5.74, 6) is 0.928. The van der Waals surface area contributed by atoms with Crippen LogP contribution in [-0.4, -0.2) is 76.6 Å². The maximum Gasteiger partial charge on any atom is 0.190 e. The molecule has 2 atom stereocenters. The summed E-state index contributed by atoms with van der Waals surface area (Å²) in [5.41, 5.74) is 0.383. The van der Waals surface area contributed by atoms with Gasteiger partial charge in [0, 0.05) is 53.5 Å². The Labute approximate surface area is 160 Å². The highest BCUT2D eigenvalue weighted by atomic mass is 16.5. The minimum Gasteiger partial charge on any atom is -0.385 e. The number of nitrogens with zero attached hydrogens (tertiary/aromatic N) is 2. The number of hydrogen-bond donors (Lipinski definition) is 2. The van der Waals surface area contributed by atoms with Crippen LogP contribution in [-0.2, 0) is 9.47 Å². The fourth-order valence-corrected chi connectivity index (χ4v) is 4.43. The molecule has 0 amide bonds. The van der Waals surface area contributed by atoms with Crippen LogP contribution in [0.2, 0.25) is 0 Å². The second kappa shape index (κ2) is 11.1. The van der Waals surface area contributed by atoms with Crippen molar-refractivity contribution < 1.29 is 9.47 Å². The van der Waals surface area contributed by atoms with Gasteiger partial charge in [0.05, 0.1) is 12.2 Å². The van der Waals surface area contributed by atoms with Gasteiger partial charge in [-0.25, -0.2) is 0 Å². The molecule has 1 aliphatic carbocycles. The third kappa shape index (κ3) is 7.05.